The van der Waals surface area contributed by atoms with E-state index in [9.17, 15) is 0 Å². The van der Waals surface area contributed by atoms with Crippen LogP contribution in [0.5, 0.6) is 0 Å². The third-order valence-electron chi connectivity index (χ3n) is 3.90. The van der Waals surface area contributed by atoms with Crippen molar-refractivity contribution in [2.75, 3.05) is 13.6 Å². The van der Waals surface area contributed by atoms with E-state index in [4.69, 9.17) is 17.3 Å². The van der Waals surface area contributed by atoms with Crippen LogP contribution in [0.25, 0.3) is 0 Å². The van der Waals surface area contributed by atoms with E-state index in [-0.39, 0.29) is 6.04 Å². The van der Waals surface area contributed by atoms with Gasteiger partial charge in [-0.15, -0.1) is 0 Å². The molecule has 21 heavy (non-hydrogen) atoms. The molecule has 2 rings (SSSR count). The molecule has 2 nitrogen and oxygen atoms in total. The minimum absolute atomic E-state index is 0.280. The molecule has 0 saturated heterocycles. The van der Waals surface area contributed by atoms with Crippen molar-refractivity contribution in [3.63, 3.8) is 0 Å². The largest absolute Gasteiger partial charge is 0.330 e. The van der Waals surface area contributed by atoms with Crippen LogP contribution in [0.3, 0.4) is 0 Å². The number of hydrogen-bond donors (Lipinski definition) is 1. The van der Waals surface area contributed by atoms with E-state index in [1.807, 2.05) is 18.2 Å². The molecular formula is C18H23ClN2. The van der Waals surface area contributed by atoms with Gasteiger partial charge in [-0.1, -0.05) is 54.1 Å². The summed E-state index contributed by atoms with van der Waals surface area (Å²) < 4.78 is 0. The van der Waals surface area contributed by atoms with Gasteiger partial charge in [0.25, 0.3) is 0 Å². The van der Waals surface area contributed by atoms with Crippen LogP contribution in [0.15, 0.2) is 48.5 Å². The molecule has 0 radical (unpaired) electrons. The molecule has 0 saturated carbocycles. The molecule has 0 aromatic heterocycles. The zero-order valence-corrected chi connectivity index (χ0v) is 13.5. The Morgan fingerprint density at radius 3 is 2.29 bits per heavy atom. The van der Waals surface area contributed by atoms with Crippen molar-refractivity contribution >= 4 is 11.6 Å². The molecule has 1 unspecified atom stereocenters. The van der Waals surface area contributed by atoms with Crippen LogP contribution < -0.4 is 5.73 Å². The van der Waals surface area contributed by atoms with Gasteiger partial charge in [0.05, 0.1) is 0 Å². The zero-order valence-electron chi connectivity index (χ0n) is 12.7. The monoisotopic (exact) mass is 302 g/mol. The molecule has 0 aliphatic rings. The average Bonchev–Trinajstić information content (AvgIpc) is 2.49. The molecule has 2 aromatic rings. The highest BCUT2D eigenvalue weighted by atomic mass is 35.5. The Morgan fingerprint density at radius 1 is 1.05 bits per heavy atom. The van der Waals surface area contributed by atoms with E-state index in [0.717, 1.165) is 18.0 Å². The van der Waals surface area contributed by atoms with Gasteiger partial charge in [-0.3, -0.25) is 4.90 Å². The fourth-order valence-electron chi connectivity index (χ4n) is 2.45. The molecule has 112 valence electrons. The van der Waals surface area contributed by atoms with Crippen molar-refractivity contribution in [3.8, 4) is 0 Å². The van der Waals surface area contributed by atoms with Crippen molar-refractivity contribution in [2.24, 2.45) is 5.73 Å². The lowest BCUT2D eigenvalue weighted by Gasteiger charge is -2.26. The van der Waals surface area contributed by atoms with Gasteiger partial charge in [-0.05, 0) is 49.7 Å². The summed E-state index contributed by atoms with van der Waals surface area (Å²) in [5, 5.41) is 0.829. The van der Waals surface area contributed by atoms with Gasteiger partial charge >= 0.3 is 0 Å². The highest BCUT2D eigenvalue weighted by Gasteiger charge is 2.14. The second-order valence-electron chi connectivity index (χ2n) is 5.47. The molecule has 0 spiro atoms. The molecule has 0 aliphatic heterocycles. The standard InChI is InChI=1S/C18H23ClN2/c1-14(17-5-3-4-6-18(17)19)21(2)13-16-9-7-15(8-10-16)11-12-20/h3-10,14H,11-13,20H2,1-2H3. The van der Waals surface area contributed by atoms with Gasteiger partial charge in [-0.25, -0.2) is 0 Å². The van der Waals surface area contributed by atoms with Crippen LogP contribution in [0.1, 0.15) is 29.7 Å². The predicted octanol–water partition coefficient (Wildman–Crippen LogP) is 4.03. The number of benzene rings is 2. The van der Waals surface area contributed by atoms with Crippen LogP contribution in [0.4, 0.5) is 0 Å². The van der Waals surface area contributed by atoms with Gasteiger partial charge in [0.1, 0.15) is 0 Å². The summed E-state index contributed by atoms with van der Waals surface area (Å²) in [4.78, 5) is 2.30. The lowest BCUT2D eigenvalue weighted by molar-refractivity contribution is 0.253. The van der Waals surface area contributed by atoms with E-state index in [1.165, 1.54) is 16.7 Å². The lowest BCUT2D eigenvalue weighted by atomic mass is 10.1. The highest BCUT2D eigenvalue weighted by Crippen LogP contribution is 2.27. The summed E-state index contributed by atoms with van der Waals surface area (Å²) in [5.74, 6) is 0. The van der Waals surface area contributed by atoms with E-state index in [1.54, 1.807) is 0 Å². The molecule has 0 bridgehead atoms. The van der Waals surface area contributed by atoms with E-state index >= 15 is 0 Å². The Kier molecular flexibility index (Phi) is 5.80. The zero-order chi connectivity index (χ0) is 15.2. The lowest BCUT2D eigenvalue weighted by Crippen LogP contribution is -2.22. The number of halogens is 1. The van der Waals surface area contributed by atoms with E-state index < -0.39 is 0 Å². The summed E-state index contributed by atoms with van der Waals surface area (Å²) >= 11 is 6.28. The topological polar surface area (TPSA) is 29.3 Å². The van der Waals surface area contributed by atoms with Gasteiger partial charge in [-0.2, -0.15) is 0 Å². The molecule has 3 heteroatoms. The maximum Gasteiger partial charge on any atom is 0.0453 e. The third kappa shape index (κ3) is 4.31. The summed E-state index contributed by atoms with van der Waals surface area (Å²) in [5.41, 5.74) is 9.34. The predicted molar refractivity (Wildman–Crippen MR) is 90.5 cm³/mol. The molecule has 2 aromatic carbocycles. The second-order valence-corrected chi connectivity index (χ2v) is 5.87. The Hall–Kier alpha value is -1.35. The van der Waals surface area contributed by atoms with Gasteiger partial charge in [0.2, 0.25) is 0 Å². The fraction of sp³-hybridized carbons (Fsp3) is 0.333. The number of rotatable bonds is 6. The first-order chi connectivity index (χ1) is 10.1. The molecule has 0 heterocycles. The van der Waals surface area contributed by atoms with Crippen molar-refractivity contribution in [1.82, 2.24) is 4.90 Å². The molecule has 0 aliphatic carbocycles. The van der Waals surface area contributed by atoms with Crippen molar-refractivity contribution in [3.05, 3.63) is 70.2 Å². The van der Waals surface area contributed by atoms with E-state index in [2.05, 4.69) is 49.2 Å². The Bertz CT molecular complexity index is 566. The first-order valence-electron chi connectivity index (χ1n) is 7.34. The summed E-state index contributed by atoms with van der Waals surface area (Å²) in [6.45, 7) is 3.78. The van der Waals surface area contributed by atoms with Gasteiger partial charge in [0, 0.05) is 17.6 Å². The quantitative estimate of drug-likeness (QED) is 0.873. The first-order valence-corrected chi connectivity index (χ1v) is 7.72. The minimum Gasteiger partial charge on any atom is -0.330 e. The van der Waals surface area contributed by atoms with Crippen LogP contribution in [0, 0.1) is 0 Å². The minimum atomic E-state index is 0.280. The highest BCUT2D eigenvalue weighted by molar-refractivity contribution is 6.31. The molecular weight excluding hydrogens is 280 g/mol. The smallest absolute Gasteiger partial charge is 0.0453 e. The Balaban J connectivity index is 2.03. The van der Waals surface area contributed by atoms with Crippen molar-refractivity contribution in [2.45, 2.75) is 25.9 Å². The summed E-state index contributed by atoms with van der Waals surface area (Å²) in [7, 11) is 2.13. The molecule has 0 fully saturated rings. The number of nitrogens with zero attached hydrogens (tertiary/aromatic N) is 1. The van der Waals surface area contributed by atoms with Crippen LogP contribution in [0.2, 0.25) is 5.02 Å². The molecule has 1 atom stereocenters. The van der Waals surface area contributed by atoms with Crippen molar-refractivity contribution in [1.29, 1.82) is 0 Å². The maximum absolute atomic E-state index is 6.28. The first kappa shape index (κ1) is 16.0. The summed E-state index contributed by atoms with van der Waals surface area (Å²) in [6.07, 6.45) is 0.937. The molecule has 0 amide bonds. The normalized spacial score (nSPS) is 12.6. The third-order valence-corrected chi connectivity index (χ3v) is 4.25. The average molecular weight is 303 g/mol. The molecule has 2 N–H and O–H groups in total. The van der Waals surface area contributed by atoms with Crippen LogP contribution in [-0.2, 0) is 13.0 Å². The van der Waals surface area contributed by atoms with Crippen LogP contribution >= 0.6 is 11.6 Å². The SMILES string of the molecule is CC(c1ccccc1Cl)N(C)Cc1ccc(CCN)cc1. The Morgan fingerprint density at radius 2 is 1.67 bits per heavy atom. The number of nitrogens with two attached hydrogens (primary N) is 1. The summed E-state index contributed by atoms with van der Waals surface area (Å²) in [6, 6.07) is 17.0. The number of hydrogen-bond acceptors (Lipinski definition) is 2. The van der Waals surface area contributed by atoms with Gasteiger partial charge in [0.15, 0.2) is 0 Å². The van der Waals surface area contributed by atoms with Crippen molar-refractivity contribution < 1.29 is 0 Å². The maximum atomic E-state index is 6.28. The Labute approximate surface area is 132 Å². The fourth-order valence-corrected chi connectivity index (χ4v) is 2.75. The van der Waals surface area contributed by atoms with Gasteiger partial charge < -0.3 is 5.73 Å². The van der Waals surface area contributed by atoms with E-state index in [0.29, 0.717) is 6.54 Å². The van der Waals surface area contributed by atoms with Crippen LogP contribution in [-0.4, -0.2) is 18.5 Å². The second kappa shape index (κ2) is 7.60.